The fourth-order valence-electron chi connectivity index (χ4n) is 3.79. The molecule has 1 fully saturated rings. The molecule has 0 bridgehead atoms. The Bertz CT molecular complexity index is 1060. The highest BCUT2D eigenvalue weighted by atomic mass is 32.2. The Kier molecular flexibility index (Phi) is 6.74. The van der Waals surface area contributed by atoms with Gasteiger partial charge in [0.2, 0.25) is 0 Å². The van der Waals surface area contributed by atoms with Gasteiger partial charge in [-0.3, -0.25) is 4.90 Å². The molecule has 7 heteroatoms. The molecule has 158 valence electrons. The van der Waals surface area contributed by atoms with E-state index in [1.165, 1.54) is 5.56 Å². The Balaban J connectivity index is 1.20. The smallest absolute Gasteiger partial charge is 0.258 e. The van der Waals surface area contributed by atoms with Crippen molar-refractivity contribution in [3.63, 3.8) is 0 Å². The van der Waals surface area contributed by atoms with Crippen LogP contribution in [-0.2, 0) is 16.6 Å². The molecule has 0 atom stereocenters. The summed E-state index contributed by atoms with van der Waals surface area (Å²) in [6.45, 7) is 6.43. The van der Waals surface area contributed by atoms with Crippen LogP contribution in [0.15, 0.2) is 71.8 Å². The lowest BCUT2D eigenvalue weighted by molar-refractivity contribution is 0.126. The second kappa shape index (κ2) is 9.66. The fraction of sp³-hybridized carbons (Fsp3) is 0.348. The maximum Gasteiger partial charge on any atom is 0.258 e. The van der Waals surface area contributed by atoms with Gasteiger partial charge >= 0.3 is 0 Å². The second-order valence-electron chi connectivity index (χ2n) is 7.70. The molecule has 1 saturated heterocycles. The van der Waals surface area contributed by atoms with Gasteiger partial charge in [0.05, 0.1) is 5.52 Å². The van der Waals surface area contributed by atoms with Gasteiger partial charge in [-0.15, -0.1) is 0 Å². The van der Waals surface area contributed by atoms with E-state index in [4.69, 9.17) is 0 Å². The molecular weight excluding hydrogens is 396 g/mol. The predicted molar refractivity (Wildman–Crippen MR) is 120 cm³/mol. The zero-order valence-electron chi connectivity index (χ0n) is 17.1. The standard InChI is InChI=1S/C23H28N4O2S/c28-30(29,23-12-11-21-9-4-5-10-22(21)25-23)24-13-6-14-26-15-17-27(18-16-26)19-20-7-2-1-3-8-20/h1-5,7-12,24H,6,13-19H2. The van der Waals surface area contributed by atoms with Gasteiger partial charge in [-0.1, -0.05) is 48.5 Å². The summed E-state index contributed by atoms with van der Waals surface area (Å²) in [6, 6.07) is 21.4. The van der Waals surface area contributed by atoms with E-state index in [-0.39, 0.29) is 5.03 Å². The van der Waals surface area contributed by atoms with Crippen LogP contribution in [0.5, 0.6) is 0 Å². The summed E-state index contributed by atoms with van der Waals surface area (Å²) in [5.41, 5.74) is 2.04. The highest BCUT2D eigenvalue weighted by molar-refractivity contribution is 7.89. The molecule has 1 aliphatic heterocycles. The van der Waals surface area contributed by atoms with E-state index < -0.39 is 10.0 Å². The Morgan fingerprint density at radius 1 is 0.833 bits per heavy atom. The molecule has 6 nitrogen and oxygen atoms in total. The third kappa shape index (κ3) is 5.43. The maximum absolute atomic E-state index is 12.5. The van der Waals surface area contributed by atoms with Crippen LogP contribution >= 0.6 is 0 Å². The molecule has 0 unspecified atom stereocenters. The average Bonchev–Trinajstić information content (AvgIpc) is 2.78. The number of nitrogens with one attached hydrogen (secondary N) is 1. The number of rotatable bonds is 8. The maximum atomic E-state index is 12.5. The third-order valence-corrected chi connectivity index (χ3v) is 6.87. The SMILES string of the molecule is O=S(=O)(NCCCN1CCN(Cc2ccccc2)CC1)c1ccc2ccccc2n1. The van der Waals surface area contributed by atoms with E-state index in [1.54, 1.807) is 12.1 Å². The largest absolute Gasteiger partial charge is 0.301 e. The number of nitrogens with zero attached hydrogens (tertiary/aromatic N) is 3. The van der Waals surface area contributed by atoms with Gasteiger partial charge in [-0.05, 0) is 36.7 Å². The molecular formula is C23H28N4O2S. The van der Waals surface area contributed by atoms with Crippen LogP contribution in [0.2, 0.25) is 0 Å². The quantitative estimate of drug-likeness (QED) is 0.563. The third-order valence-electron chi connectivity index (χ3n) is 5.51. The fourth-order valence-corrected chi connectivity index (χ4v) is 4.82. The molecule has 0 spiro atoms. The molecule has 0 radical (unpaired) electrons. The van der Waals surface area contributed by atoms with E-state index in [2.05, 4.69) is 43.8 Å². The number of piperazine rings is 1. The minimum atomic E-state index is -3.59. The first-order valence-electron chi connectivity index (χ1n) is 10.4. The van der Waals surface area contributed by atoms with Gasteiger partial charge in [0.25, 0.3) is 10.0 Å². The molecule has 4 rings (SSSR count). The molecule has 0 saturated carbocycles. The van der Waals surface area contributed by atoms with Gasteiger partial charge in [0.1, 0.15) is 0 Å². The minimum Gasteiger partial charge on any atom is -0.301 e. The molecule has 1 N–H and O–H groups in total. The van der Waals surface area contributed by atoms with E-state index in [0.29, 0.717) is 12.1 Å². The molecule has 1 aromatic heterocycles. The van der Waals surface area contributed by atoms with Crippen LogP contribution in [0.1, 0.15) is 12.0 Å². The highest BCUT2D eigenvalue weighted by Crippen LogP contribution is 2.15. The van der Waals surface area contributed by atoms with Gasteiger partial charge in [0, 0.05) is 44.7 Å². The number of benzene rings is 2. The summed E-state index contributed by atoms with van der Waals surface area (Å²) in [5.74, 6) is 0. The van der Waals surface area contributed by atoms with Crippen molar-refractivity contribution in [2.75, 3.05) is 39.3 Å². The molecule has 2 aromatic carbocycles. The number of aromatic nitrogens is 1. The number of para-hydroxylation sites is 1. The number of fused-ring (bicyclic) bond motifs is 1. The Hall–Kier alpha value is -2.32. The zero-order chi connectivity index (χ0) is 20.8. The number of hydrogen-bond acceptors (Lipinski definition) is 5. The molecule has 2 heterocycles. The number of hydrogen-bond donors (Lipinski definition) is 1. The average molecular weight is 425 g/mol. The molecule has 30 heavy (non-hydrogen) atoms. The topological polar surface area (TPSA) is 65.5 Å². The van der Waals surface area contributed by atoms with Crippen molar-refractivity contribution in [1.82, 2.24) is 19.5 Å². The highest BCUT2D eigenvalue weighted by Gasteiger charge is 2.18. The molecule has 0 amide bonds. The minimum absolute atomic E-state index is 0.0794. The van der Waals surface area contributed by atoms with Crippen LogP contribution in [-0.4, -0.2) is 62.5 Å². The molecule has 1 aliphatic rings. The summed E-state index contributed by atoms with van der Waals surface area (Å²) >= 11 is 0. The summed E-state index contributed by atoms with van der Waals surface area (Å²) in [5, 5.41) is 1.01. The number of pyridine rings is 1. The van der Waals surface area contributed by atoms with Gasteiger partial charge in [-0.2, -0.15) is 0 Å². The lowest BCUT2D eigenvalue weighted by atomic mass is 10.2. The van der Waals surface area contributed by atoms with Crippen LogP contribution in [0.25, 0.3) is 10.9 Å². The normalized spacial score (nSPS) is 16.1. The lowest BCUT2D eigenvalue weighted by Gasteiger charge is -2.34. The summed E-state index contributed by atoms with van der Waals surface area (Å²) in [7, 11) is -3.59. The Morgan fingerprint density at radius 2 is 1.53 bits per heavy atom. The molecule has 0 aliphatic carbocycles. The second-order valence-corrected chi connectivity index (χ2v) is 9.41. The van der Waals surface area contributed by atoms with Crippen LogP contribution < -0.4 is 4.72 Å². The van der Waals surface area contributed by atoms with Gasteiger partial charge < -0.3 is 4.90 Å². The van der Waals surface area contributed by atoms with Crippen molar-refractivity contribution in [3.8, 4) is 0 Å². The first kappa shape index (κ1) is 20.9. The van der Waals surface area contributed by atoms with E-state index >= 15 is 0 Å². The first-order chi connectivity index (χ1) is 14.6. The summed E-state index contributed by atoms with van der Waals surface area (Å²) in [6.07, 6.45) is 0.783. The van der Waals surface area contributed by atoms with Crippen LogP contribution in [0.3, 0.4) is 0 Å². The predicted octanol–water partition coefficient (Wildman–Crippen LogP) is 2.72. The van der Waals surface area contributed by atoms with Crippen molar-refractivity contribution >= 4 is 20.9 Å². The number of sulfonamides is 1. The Labute approximate surface area is 178 Å². The summed E-state index contributed by atoms with van der Waals surface area (Å²) < 4.78 is 27.8. The van der Waals surface area contributed by atoms with Crippen molar-refractivity contribution in [2.45, 2.75) is 18.0 Å². The van der Waals surface area contributed by atoms with Crippen LogP contribution in [0.4, 0.5) is 0 Å². The zero-order valence-corrected chi connectivity index (χ0v) is 17.9. The monoisotopic (exact) mass is 424 g/mol. The van der Waals surface area contributed by atoms with Crippen molar-refractivity contribution < 1.29 is 8.42 Å². The van der Waals surface area contributed by atoms with E-state index in [9.17, 15) is 8.42 Å². The molecule has 3 aromatic rings. The lowest BCUT2D eigenvalue weighted by Crippen LogP contribution is -2.46. The van der Waals surface area contributed by atoms with Crippen molar-refractivity contribution in [1.29, 1.82) is 0 Å². The Morgan fingerprint density at radius 3 is 2.33 bits per heavy atom. The van der Waals surface area contributed by atoms with Crippen molar-refractivity contribution in [2.24, 2.45) is 0 Å². The van der Waals surface area contributed by atoms with E-state index in [0.717, 1.165) is 51.1 Å². The summed E-state index contributed by atoms with van der Waals surface area (Å²) in [4.78, 5) is 9.17. The van der Waals surface area contributed by atoms with Gasteiger partial charge in [-0.25, -0.2) is 18.1 Å². The first-order valence-corrected chi connectivity index (χ1v) is 11.9. The van der Waals surface area contributed by atoms with E-state index in [1.807, 2.05) is 30.3 Å². The van der Waals surface area contributed by atoms with Crippen molar-refractivity contribution in [3.05, 3.63) is 72.3 Å². The van der Waals surface area contributed by atoms with Gasteiger partial charge in [0.15, 0.2) is 5.03 Å². The van der Waals surface area contributed by atoms with Crippen LogP contribution in [0, 0.1) is 0 Å².